The van der Waals surface area contributed by atoms with Gasteiger partial charge < -0.3 is 10.1 Å². The molecule has 2 heterocycles. The standard InChI is InChI=1S/C17H16ClNO3S/c18-11-3-5-15-12(10-11)13(7-8-22-15)19-17(21)6-4-14(20)16-2-1-9-23-16/h1-3,5,9-10,13H,4,6-8H2,(H,19,21). The second-order valence-corrected chi connectivity index (χ2v) is 6.72. The lowest BCUT2D eigenvalue weighted by Crippen LogP contribution is -2.32. The molecule has 4 nitrogen and oxygen atoms in total. The first-order chi connectivity index (χ1) is 11.1. The van der Waals surface area contributed by atoms with Crippen LogP contribution in [0.4, 0.5) is 0 Å². The van der Waals surface area contributed by atoms with Crippen molar-refractivity contribution in [3.63, 3.8) is 0 Å². The van der Waals surface area contributed by atoms with E-state index in [-0.39, 0.29) is 30.6 Å². The predicted molar refractivity (Wildman–Crippen MR) is 90.3 cm³/mol. The minimum Gasteiger partial charge on any atom is -0.493 e. The van der Waals surface area contributed by atoms with Gasteiger partial charge in [-0.15, -0.1) is 11.3 Å². The zero-order chi connectivity index (χ0) is 16.2. The number of nitrogens with one attached hydrogen (secondary N) is 1. The smallest absolute Gasteiger partial charge is 0.220 e. The van der Waals surface area contributed by atoms with Crippen LogP contribution in [0.3, 0.4) is 0 Å². The zero-order valence-corrected chi connectivity index (χ0v) is 14.0. The lowest BCUT2D eigenvalue weighted by Gasteiger charge is -2.26. The third-order valence-electron chi connectivity index (χ3n) is 3.72. The second-order valence-electron chi connectivity index (χ2n) is 5.34. The molecule has 1 atom stereocenters. The minimum absolute atomic E-state index is 0.00516. The van der Waals surface area contributed by atoms with Gasteiger partial charge in [-0.25, -0.2) is 0 Å². The first-order valence-corrected chi connectivity index (χ1v) is 8.67. The SMILES string of the molecule is O=C(CCC(=O)c1cccs1)NC1CCOc2ccc(Cl)cc21. The number of hydrogen-bond donors (Lipinski definition) is 1. The van der Waals surface area contributed by atoms with Crippen LogP contribution in [0, 0.1) is 0 Å². The molecule has 0 radical (unpaired) electrons. The van der Waals surface area contributed by atoms with E-state index in [4.69, 9.17) is 16.3 Å². The van der Waals surface area contributed by atoms with Crippen LogP contribution in [0.15, 0.2) is 35.7 Å². The summed E-state index contributed by atoms with van der Waals surface area (Å²) in [6.45, 7) is 0.549. The van der Waals surface area contributed by atoms with Crippen molar-refractivity contribution in [3.8, 4) is 5.75 Å². The maximum absolute atomic E-state index is 12.1. The van der Waals surface area contributed by atoms with E-state index in [0.717, 1.165) is 11.3 Å². The molecule has 0 saturated heterocycles. The Morgan fingerprint density at radius 1 is 1.30 bits per heavy atom. The third-order valence-corrected chi connectivity index (χ3v) is 4.87. The Morgan fingerprint density at radius 2 is 2.17 bits per heavy atom. The van der Waals surface area contributed by atoms with Gasteiger partial charge in [0.2, 0.25) is 5.91 Å². The molecule has 3 rings (SSSR count). The van der Waals surface area contributed by atoms with Crippen LogP contribution in [0.5, 0.6) is 5.75 Å². The van der Waals surface area contributed by atoms with Crippen molar-refractivity contribution < 1.29 is 14.3 Å². The van der Waals surface area contributed by atoms with Crippen LogP contribution >= 0.6 is 22.9 Å². The molecule has 1 aliphatic rings. The third kappa shape index (κ3) is 3.92. The van der Waals surface area contributed by atoms with Crippen LogP contribution in [-0.2, 0) is 4.79 Å². The largest absolute Gasteiger partial charge is 0.493 e. The van der Waals surface area contributed by atoms with Gasteiger partial charge in [-0.2, -0.15) is 0 Å². The van der Waals surface area contributed by atoms with E-state index in [1.165, 1.54) is 11.3 Å². The number of rotatable bonds is 5. The molecule has 1 aromatic carbocycles. The van der Waals surface area contributed by atoms with Gasteiger partial charge in [0.1, 0.15) is 5.75 Å². The highest BCUT2D eigenvalue weighted by atomic mass is 35.5. The molecule has 0 aliphatic carbocycles. The number of ether oxygens (including phenoxy) is 1. The summed E-state index contributed by atoms with van der Waals surface area (Å²) in [4.78, 5) is 24.8. The molecule has 1 N–H and O–H groups in total. The predicted octanol–water partition coefficient (Wildman–Crippen LogP) is 4.00. The molecular weight excluding hydrogens is 334 g/mol. The van der Waals surface area contributed by atoms with E-state index in [1.54, 1.807) is 12.1 Å². The van der Waals surface area contributed by atoms with E-state index in [0.29, 0.717) is 22.9 Å². The van der Waals surface area contributed by atoms with E-state index >= 15 is 0 Å². The molecule has 2 aromatic rings. The van der Waals surface area contributed by atoms with Crippen molar-refractivity contribution in [2.45, 2.75) is 25.3 Å². The Labute approximate surface area is 143 Å². The van der Waals surface area contributed by atoms with Gasteiger partial charge in [0.05, 0.1) is 17.5 Å². The van der Waals surface area contributed by atoms with Gasteiger partial charge in [0, 0.05) is 29.8 Å². The van der Waals surface area contributed by atoms with Crippen molar-refractivity contribution >= 4 is 34.6 Å². The van der Waals surface area contributed by atoms with Crippen LogP contribution in [0.2, 0.25) is 5.02 Å². The maximum Gasteiger partial charge on any atom is 0.220 e. The summed E-state index contributed by atoms with van der Waals surface area (Å²) in [6.07, 6.45) is 1.10. The summed E-state index contributed by atoms with van der Waals surface area (Å²) < 4.78 is 5.57. The molecule has 23 heavy (non-hydrogen) atoms. The van der Waals surface area contributed by atoms with Gasteiger partial charge in [0.25, 0.3) is 0 Å². The lowest BCUT2D eigenvalue weighted by molar-refractivity contribution is -0.122. The monoisotopic (exact) mass is 349 g/mol. The number of Topliss-reactive ketones (excluding diaryl/α,β-unsaturated/α-hetero) is 1. The van der Waals surface area contributed by atoms with Crippen LogP contribution in [-0.4, -0.2) is 18.3 Å². The van der Waals surface area contributed by atoms with Gasteiger partial charge in [0.15, 0.2) is 5.78 Å². The van der Waals surface area contributed by atoms with Crippen molar-refractivity contribution in [2.75, 3.05) is 6.61 Å². The topological polar surface area (TPSA) is 55.4 Å². The number of fused-ring (bicyclic) bond motifs is 1. The highest BCUT2D eigenvalue weighted by molar-refractivity contribution is 7.12. The van der Waals surface area contributed by atoms with Crippen molar-refractivity contribution in [1.29, 1.82) is 0 Å². The molecule has 1 aliphatic heterocycles. The molecule has 1 amide bonds. The minimum atomic E-state index is -0.132. The Balaban J connectivity index is 1.59. The summed E-state index contributed by atoms with van der Waals surface area (Å²) >= 11 is 7.42. The Morgan fingerprint density at radius 3 is 2.96 bits per heavy atom. The zero-order valence-electron chi connectivity index (χ0n) is 12.4. The van der Waals surface area contributed by atoms with E-state index < -0.39 is 0 Å². The average molecular weight is 350 g/mol. The molecule has 0 saturated carbocycles. The summed E-state index contributed by atoms with van der Waals surface area (Å²) in [6, 6.07) is 8.89. The molecule has 0 bridgehead atoms. The summed E-state index contributed by atoms with van der Waals surface area (Å²) in [7, 11) is 0. The summed E-state index contributed by atoms with van der Waals surface area (Å²) in [5.74, 6) is 0.624. The van der Waals surface area contributed by atoms with Crippen molar-refractivity contribution in [2.24, 2.45) is 0 Å². The second kappa shape index (κ2) is 7.15. The first kappa shape index (κ1) is 16.0. The quantitative estimate of drug-likeness (QED) is 0.830. The molecule has 120 valence electrons. The maximum atomic E-state index is 12.1. The average Bonchev–Trinajstić information content (AvgIpc) is 3.08. The molecule has 0 spiro atoms. The molecule has 1 aromatic heterocycles. The van der Waals surface area contributed by atoms with E-state index in [9.17, 15) is 9.59 Å². The van der Waals surface area contributed by atoms with Gasteiger partial charge in [-0.3, -0.25) is 9.59 Å². The Kier molecular flexibility index (Phi) is 4.98. The van der Waals surface area contributed by atoms with Crippen molar-refractivity contribution in [1.82, 2.24) is 5.32 Å². The number of ketones is 1. The number of carbonyl (C=O) groups is 2. The van der Waals surface area contributed by atoms with Crippen LogP contribution < -0.4 is 10.1 Å². The molecule has 6 heteroatoms. The lowest BCUT2D eigenvalue weighted by atomic mass is 10.00. The van der Waals surface area contributed by atoms with Crippen LogP contribution in [0.25, 0.3) is 0 Å². The normalized spacial score (nSPS) is 16.3. The first-order valence-electron chi connectivity index (χ1n) is 7.42. The highest BCUT2D eigenvalue weighted by Gasteiger charge is 2.23. The van der Waals surface area contributed by atoms with Gasteiger partial charge in [-0.1, -0.05) is 17.7 Å². The van der Waals surface area contributed by atoms with Crippen molar-refractivity contribution in [3.05, 3.63) is 51.2 Å². The highest BCUT2D eigenvalue weighted by Crippen LogP contribution is 2.34. The molecule has 1 unspecified atom stereocenters. The molecular formula is C17H16ClNO3S. The number of hydrogen-bond acceptors (Lipinski definition) is 4. The number of halogens is 1. The Bertz CT molecular complexity index is 715. The summed E-state index contributed by atoms with van der Waals surface area (Å²) in [5, 5.41) is 5.45. The van der Waals surface area contributed by atoms with Gasteiger partial charge in [-0.05, 0) is 29.6 Å². The fraction of sp³-hybridized carbons (Fsp3) is 0.294. The molecule has 0 fully saturated rings. The fourth-order valence-electron chi connectivity index (χ4n) is 2.57. The summed E-state index contributed by atoms with van der Waals surface area (Å²) in [5.41, 5.74) is 0.890. The van der Waals surface area contributed by atoms with E-state index in [1.807, 2.05) is 23.6 Å². The number of benzene rings is 1. The number of amides is 1. The number of thiophene rings is 1. The Hall–Kier alpha value is -1.85. The van der Waals surface area contributed by atoms with E-state index in [2.05, 4.69) is 5.32 Å². The fourth-order valence-corrected chi connectivity index (χ4v) is 3.44. The van der Waals surface area contributed by atoms with Crippen LogP contribution in [0.1, 0.15) is 40.5 Å². The van der Waals surface area contributed by atoms with Gasteiger partial charge >= 0.3 is 0 Å². The number of carbonyl (C=O) groups excluding carboxylic acids is 2.